The van der Waals surface area contributed by atoms with Crippen LogP contribution in [0.4, 0.5) is 14.5 Å². The number of alkyl halides is 2. The van der Waals surface area contributed by atoms with E-state index >= 15 is 0 Å². The van der Waals surface area contributed by atoms with Gasteiger partial charge in [-0.15, -0.1) is 0 Å². The lowest BCUT2D eigenvalue weighted by molar-refractivity contribution is -0.117. The van der Waals surface area contributed by atoms with Crippen molar-refractivity contribution in [1.82, 2.24) is 5.32 Å². The molecule has 2 N–H and O–H groups in total. The Morgan fingerprint density at radius 2 is 1.62 bits per heavy atom. The maximum atomic E-state index is 12.1. The Bertz CT molecular complexity index is 691. The lowest BCUT2D eigenvalue weighted by Gasteiger charge is -2.14. The fourth-order valence-electron chi connectivity index (χ4n) is 1.91. The molecule has 5 nitrogen and oxygen atoms in total. The molecule has 126 valence electrons. The number of carbonyl (C=O) groups is 2. The highest BCUT2D eigenvalue weighted by atomic mass is 19.3. The van der Waals surface area contributed by atoms with E-state index in [9.17, 15) is 18.4 Å². The Labute approximate surface area is 137 Å². The summed E-state index contributed by atoms with van der Waals surface area (Å²) in [5.41, 5.74) is 0.855. The summed E-state index contributed by atoms with van der Waals surface area (Å²) in [5.74, 6) is -0.797. The highest BCUT2D eigenvalue weighted by Gasteiger charge is 2.16. The molecule has 0 radical (unpaired) electrons. The highest BCUT2D eigenvalue weighted by molar-refractivity contribution is 6.00. The first-order chi connectivity index (χ1) is 11.5. The lowest BCUT2D eigenvalue weighted by Crippen LogP contribution is -2.41. The third-order valence-electron chi connectivity index (χ3n) is 3.12. The SMILES string of the molecule is CC(NC(=O)c1ccccc1)C(=O)Nc1ccc(OC(F)F)cc1. The van der Waals surface area contributed by atoms with Crippen LogP contribution in [0.2, 0.25) is 0 Å². The van der Waals surface area contributed by atoms with E-state index in [1.165, 1.54) is 24.3 Å². The molecule has 0 bridgehead atoms. The first-order valence-corrected chi connectivity index (χ1v) is 7.17. The summed E-state index contributed by atoms with van der Waals surface area (Å²) in [6, 6.07) is 13.2. The van der Waals surface area contributed by atoms with Gasteiger partial charge in [0.1, 0.15) is 11.8 Å². The number of anilines is 1. The third-order valence-corrected chi connectivity index (χ3v) is 3.12. The van der Waals surface area contributed by atoms with Crippen molar-refractivity contribution >= 4 is 17.5 Å². The molecule has 0 aromatic heterocycles. The van der Waals surface area contributed by atoms with Gasteiger partial charge in [0.25, 0.3) is 5.91 Å². The molecule has 0 aliphatic carbocycles. The van der Waals surface area contributed by atoms with E-state index in [4.69, 9.17) is 0 Å². The van der Waals surface area contributed by atoms with Gasteiger partial charge in [-0.1, -0.05) is 18.2 Å². The maximum absolute atomic E-state index is 12.1. The molecule has 7 heteroatoms. The second kappa shape index (κ2) is 8.05. The molecule has 0 saturated heterocycles. The van der Waals surface area contributed by atoms with E-state index in [0.29, 0.717) is 11.3 Å². The van der Waals surface area contributed by atoms with Crippen molar-refractivity contribution < 1.29 is 23.1 Å². The van der Waals surface area contributed by atoms with Crippen LogP contribution < -0.4 is 15.4 Å². The number of halogens is 2. The first-order valence-electron chi connectivity index (χ1n) is 7.17. The molecule has 2 aromatic rings. The predicted molar refractivity (Wildman–Crippen MR) is 85.1 cm³/mol. The Kier molecular flexibility index (Phi) is 5.83. The largest absolute Gasteiger partial charge is 0.435 e. The third kappa shape index (κ3) is 5.05. The highest BCUT2D eigenvalue weighted by Crippen LogP contribution is 2.17. The molecule has 2 rings (SSSR count). The van der Waals surface area contributed by atoms with Crippen molar-refractivity contribution in [2.24, 2.45) is 0 Å². The molecule has 0 aliphatic rings. The molecule has 24 heavy (non-hydrogen) atoms. The zero-order valence-electron chi connectivity index (χ0n) is 12.8. The normalized spacial score (nSPS) is 11.7. The summed E-state index contributed by atoms with van der Waals surface area (Å²) >= 11 is 0. The molecule has 1 unspecified atom stereocenters. The van der Waals surface area contributed by atoms with Crippen LogP contribution in [0.5, 0.6) is 5.75 Å². The summed E-state index contributed by atoms with van der Waals surface area (Å²) in [4.78, 5) is 24.0. The van der Waals surface area contributed by atoms with Gasteiger partial charge in [0.2, 0.25) is 5.91 Å². The number of hydrogen-bond acceptors (Lipinski definition) is 3. The fraction of sp³-hybridized carbons (Fsp3) is 0.176. The van der Waals surface area contributed by atoms with Gasteiger partial charge in [0.15, 0.2) is 0 Å². The van der Waals surface area contributed by atoms with Gasteiger partial charge in [0.05, 0.1) is 0 Å². The van der Waals surface area contributed by atoms with E-state index in [1.807, 2.05) is 0 Å². The Morgan fingerprint density at radius 1 is 1.00 bits per heavy atom. The van der Waals surface area contributed by atoms with Crippen LogP contribution in [0.1, 0.15) is 17.3 Å². The van der Waals surface area contributed by atoms with Gasteiger partial charge in [-0.25, -0.2) is 0 Å². The minimum atomic E-state index is -2.90. The minimum absolute atomic E-state index is 0.00609. The minimum Gasteiger partial charge on any atom is -0.435 e. The molecule has 2 amide bonds. The monoisotopic (exact) mass is 334 g/mol. The molecule has 1 atom stereocenters. The Balaban J connectivity index is 1.90. The van der Waals surface area contributed by atoms with Crippen LogP contribution >= 0.6 is 0 Å². The number of hydrogen-bond donors (Lipinski definition) is 2. The van der Waals surface area contributed by atoms with E-state index in [0.717, 1.165) is 0 Å². The van der Waals surface area contributed by atoms with Crippen LogP contribution in [-0.2, 0) is 4.79 Å². The second-order valence-electron chi connectivity index (χ2n) is 4.95. The summed E-state index contributed by atoms with van der Waals surface area (Å²) in [6.45, 7) is -1.36. The van der Waals surface area contributed by atoms with Gasteiger partial charge in [-0.05, 0) is 43.3 Å². The molecule has 0 heterocycles. The zero-order valence-corrected chi connectivity index (χ0v) is 12.8. The van der Waals surface area contributed by atoms with Gasteiger partial charge >= 0.3 is 6.61 Å². The molecule has 0 fully saturated rings. The number of ether oxygens (including phenoxy) is 1. The average Bonchev–Trinajstić information content (AvgIpc) is 2.56. The van der Waals surface area contributed by atoms with Crippen LogP contribution in [0.3, 0.4) is 0 Å². The van der Waals surface area contributed by atoms with Crippen LogP contribution in [0.25, 0.3) is 0 Å². The van der Waals surface area contributed by atoms with Crippen LogP contribution in [-0.4, -0.2) is 24.5 Å². The standard InChI is InChI=1S/C17H16F2N2O3/c1-11(20-16(23)12-5-3-2-4-6-12)15(22)21-13-7-9-14(10-8-13)24-17(18)19/h2-11,17H,1H3,(H,20,23)(H,21,22). The number of rotatable bonds is 6. The fourth-order valence-corrected chi connectivity index (χ4v) is 1.91. The van der Waals surface area contributed by atoms with Gasteiger partial charge in [-0.3, -0.25) is 9.59 Å². The molecular formula is C17H16F2N2O3. The smallest absolute Gasteiger partial charge is 0.387 e. The van der Waals surface area contributed by atoms with Gasteiger partial charge in [-0.2, -0.15) is 8.78 Å². The summed E-state index contributed by atoms with van der Waals surface area (Å²) < 4.78 is 28.4. The average molecular weight is 334 g/mol. The van der Waals surface area contributed by atoms with Gasteiger partial charge < -0.3 is 15.4 Å². The number of benzene rings is 2. The van der Waals surface area contributed by atoms with Crippen molar-refractivity contribution in [3.8, 4) is 5.75 Å². The van der Waals surface area contributed by atoms with Crippen molar-refractivity contribution in [2.45, 2.75) is 19.6 Å². The first kappa shape index (κ1) is 17.4. The van der Waals surface area contributed by atoms with E-state index in [2.05, 4.69) is 15.4 Å². The quantitative estimate of drug-likeness (QED) is 0.853. The van der Waals surface area contributed by atoms with E-state index < -0.39 is 18.6 Å². The zero-order chi connectivity index (χ0) is 17.5. The number of nitrogens with one attached hydrogen (secondary N) is 2. The van der Waals surface area contributed by atoms with Crippen molar-refractivity contribution in [1.29, 1.82) is 0 Å². The van der Waals surface area contributed by atoms with E-state index in [-0.39, 0.29) is 11.7 Å². The molecule has 0 spiro atoms. The maximum Gasteiger partial charge on any atom is 0.387 e. The summed E-state index contributed by atoms with van der Waals surface area (Å²) in [7, 11) is 0. The molecule has 2 aromatic carbocycles. The van der Waals surface area contributed by atoms with Crippen LogP contribution in [0, 0.1) is 0 Å². The Hall–Kier alpha value is -2.96. The predicted octanol–water partition coefficient (Wildman–Crippen LogP) is 3.05. The Morgan fingerprint density at radius 3 is 2.21 bits per heavy atom. The molecule has 0 aliphatic heterocycles. The summed E-state index contributed by atoms with van der Waals surface area (Å²) in [5, 5.41) is 5.16. The van der Waals surface area contributed by atoms with Crippen molar-refractivity contribution in [3.05, 3.63) is 60.2 Å². The van der Waals surface area contributed by atoms with Crippen molar-refractivity contribution in [3.63, 3.8) is 0 Å². The molecular weight excluding hydrogens is 318 g/mol. The molecule has 0 saturated carbocycles. The number of carbonyl (C=O) groups excluding carboxylic acids is 2. The lowest BCUT2D eigenvalue weighted by atomic mass is 10.2. The van der Waals surface area contributed by atoms with Crippen LogP contribution in [0.15, 0.2) is 54.6 Å². The van der Waals surface area contributed by atoms with Gasteiger partial charge in [0, 0.05) is 11.3 Å². The topological polar surface area (TPSA) is 67.4 Å². The van der Waals surface area contributed by atoms with Crippen molar-refractivity contribution in [2.75, 3.05) is 5.32 Å². The second-order valence-corrected chi connectivity index (χ2v) is 4.95. The van der Waals surface area contributed by atoms with E-state index in [1.54, 1.807) is 37.3 Å². The summed E-state index contributed by atoms with van der Waals surface area (Å²) in [6.07, 6.45) is 0. The number of amides is 2.